The molecule has 11 nitrogen and oxygen atoms in total. The lowest BCUT2D eigenvalue weighted by Gasteiger charge is -2.15. The number of non-ortho nitro benzene ring substituents is 1. The molecular formula is C27H22BrFN4O7. The number of para-hydroxylation sites is 1. The number of hydrogen-bond acceptors (Lipinski definition) is 7. The first kappa shape index (κ1) is 28.2. The van der Waals surface area contributed by atoms with Gasteiger partial charge in [-0.1, -0.05) is 24.3 Å². The summed E-state index contributed by atoms with van der Waals surface area (Å²) in [6.07, 6.45) is 1.41. The highest BCUT2D eigenvalue weighted by atomic mass is 79.9. The number of nitro benzene ring substituents is 1. The van der Waals surface area contributed by atoms with Crippen LogP contribution in [-0.4, -0.2) is 40.8 Å². The van der Waals surface area contributed by atoms with Crippen LogP contribution in [-0.2, 0) is 16.2 Å². The average Bonchev–Trinajstić information content (AvgIpc) is 3.17. The van der Waals surface area contributed by atoms with Crippen LogP contribution >= 0.6 is 15.9 Å². The van der Waals surface area contributed by atoms with Gasteiger partial charge in [0.1, 0.15) is 24.7 Å². The van der Waals surface area contributed by atoms with Gasteiger partial charge in [-0.3, -0.25) is 19.7 Å². The number of carbonyl (C=O) groups is 3. The Morgan fingerprint density at radius 2 is 1.93 bits per heavy atom. The maximum absolute atomic E-state index is 13.8. The van der Waals surface area contributed by atoms with Crippen molar-refractivity contribution in [3.8, 4) is 11.5 Å². The monoisotopic (exact) mass is 612 g/mol. The molecule has 3 aromatic rings. The van der Waals surface area contributed by atoms with E-state index in [0.717, 1.165) is 0 Å². The number of nitro groups is 1. The minimum atomic E-state index is -0.805. The quantitative estimate of drug-likeness (QED) is 0.142. The van der Waals surface area contributed by atoms with Crippen LogP contribution in [0.1, 0.15) is 18.1 Å². The van der Waals surface area contributed by atoms with Gasteiger partial charge in [-0.25, -0.2) is 14.1 Å². The molecule has 0 saturated carbocycles. The van der Waals surface area contributed by atoms with Gasteiger partial charge in [0.05, 0.1) is 21.7 Å². The molecule has 0 radical (unpaired) electrons. The summed E-state index contributed by atoms with van der Waals surface area (Å²) in [5.74, 6) is -1.48. The Kier molecular flexibility index (Phi) is 8.74. The van der Waals surface area contributed by atoms with Crippen molar-refractivity contribution in [1.29, 1.82) is 0 Å². The minimum Gasteiger partial charge on any atom is -0.490 e. The number of urea groups is 1. The Bertz CT molecular complexity index is 1530. The van der Waals surface area contributed by atoms with Crippen molar-refractivity contribution in [3.05, 3.63) is 97.9 Å². The highest BCUT2D eigenvalue weighted by Gasteiger charge is 2.35. The highest BCUT2D eigenvalue weighted by molar-refractivity contribution is 9.10. The second kappa shape index (κ2) is 12.4. The molecule has 0 aliphatic carbocycles. The van der Waals surface area contributed by atoms with Gasteiger partial charge in [0, 0.05) is 12.1 Å². The van der Waals surface area contributed by atoms with E-state index < -0.39 is 35.1 Å². The number of amides is 4. The SMILES string of the molecule is CCOc1cc(/C=C2/NC(=O)N(CC(=O)Nc3ccccc3F)C2=O)cc(Br)c1OCc1cccc([N+](=O)[O-])c1. The van der Waals surface area contributed by atoms with E-state index in [1.807, 2.05) is 0 Å². The van der Waals surface area contributed by atoms with Crippen molar-refractivity contribution in [2.24, 2.45) is 0 Å². The summed E-state index contributed by atoms with van der Waals surface area (Å²) in [5, 5.41) is 15.8. The van der Waals surface area contributed by atoms with Crippen molar-refractivity contribution in [2.75, 3.05) is 18.5 Å². The average molecular weight is 613 g/mol. The summed E-state index contributed by atoms with van der Waals surface area (Å²) in [6, 6.07) is 14.0. The van der Waals surface area contributed by atoms with E-state index in [0.29, 0.717) is 38.6 Å². The molecule has 4 rings (SSSR count). The summed E-state index contributed by atoms with van der Waals surface area (Å²) in [4.78, 5) is 48.9. The maximum Gasteiger partial charge on any atom is 0.329 e. The number of imide groups is 1. The minimum absolute atomic E-state index is 0.0270. The molecule has 1 saturated heterocycles. The highest BCUT2D eigenvalue weighted by Crippen LogP contribution is 2.38. The van der Waals surface area contributed by atoms with Crippen LogP contribution in [0.3, 0.4) is 0 Å². The molecule has 3 aromatic carbocycles. The van der Waals surface area contributed by atoms with Gasteiger partial charge in [0.25, 0.3) is 11.6 Å². The summed E-state index contributed by atoms with van der Waals surface area (Å²) in [6.45, 7) is 1.47. The molecule has 40 heavy (non-hydrogen) atoms. The maximum atomic E-state index is 13.8. The van der Waals surface area contributed by atoms with E-state index in [-0.39, 0.29) is 23.7 Å². The number of anilines is 1. The van der Waals surface area contributed by atoms with Gasteiger partial charge >= 0.3 is 6.03 Å². The van der Waals surface area contributed by atoms with E-state index in [4.69, 9.17) is 9.47 Å². The standard InChI is InChI=1S/C27H22BrFN4O7/c1-2-39-23-13-17(11-19(28)25(23)40-15-16-6-5-7-18(10-16)33(37)38)12-22-26(35)32(27(36)31-22)14-24(34)30-21-9-4-3-8-20(21)29/h3-13H,2,14-15H2,1H3,(H,30,34)(H,31,36)/b22-12+. The zero-order valence-electron chi connectivity index (χ0n) is 21.0. The zero-order valence-corrected chi connectivity index (χ0v) is 22.6. The molecule has 0 aromatic heterocycles. The second-order valence-corrected chi connectivity index (χ2v) is 9.24. The normalized spacial score (nSPS) is 13.8. The Hall–Kier alpha value is -4.78. The molecule has 206 valence electrons. The van der Waals surface area contributed by atoms with Gasteiger partial charge in [0.2, 0.25) is 5.91 Å². The van der Waals surface area contributed by atoms with Crippen molar-refractivity contribution < 1.29 is 33.2 Å². The van der Waals surface area contributed by atoms with Crippen molar-refractivity contribution >= 4 is 51.2 Å². The largest absolute Gasteiger partial charge is 0.490 e. The molecule has 1 aliphatic heterocycles. The van der Waals surface area contributed by atoms with Crippen molar-refractivity contribution in [1.82, 2.24) is 10.2 Å². The third-order valence-corrected chi connectivity index (χ3v) is 6.15. The van der Waals surface area contributed by atoms with Crippen LogP contribution in [0.25, 0.3) is 6.08 Å². The fourth-order valence-corrected chi connectivity index (χ4v) is 4.34. The molecule has 0 atom stereocenters. The topological polar surface area (TPSA) is 140 Å². The predicted molar refractivity (Wildman–Crippen MR) is 146 cm³/mol. The molecule has 2 N–H and O–H groups in total. The lowest BCUT2D eigenvalue weighted by Crippen LogP contribution is -2.38. The molecular weight excluding hydrogens is 591 g/mol. The summed E-state index contributed by atoms with van der Waals surface area (Å²) in [7, 11) is 0. The number of carbonyl (C=O) groups excluding carboxylic acids is 3. The molecule has 0 spiro atoms. The molecule has 13 heteroatoms. The summed E-state index contributed by atoms with van der Waals surface area (Å²) >= 11 is 3.43. The lowest BCUT2D eigenvalue weighted by atomic mass is 10.1. The summed E-state index contributed by atoms with van der Waals surface area (Å²) < 4.78 is 25.9. The van der Waals surface area contributed by atoms with E-state index in [2.05, 4.69) is 26.6 Å². The number of benzene rings is 3. The number of rotatable bonds is 10. The lowest BCUT2D eigenvalue weighted by molar-refractivity contribution is -0.384. The first-order chi connectivity index (χ1) is 19.2. The fraction of sp³-hybridized carbons (Fsp3) is 0.148. The Balaban J connectivity index is 1.50. The van der Waals surface area contributed by atoms with Crippen LogP contribution < -0.4 is 20.1 Å². The van der Waals surface area contributed by atoms with E-state index in [9.17, 15) is 28.9 Å². The number of hydrogen-bond donors (Lipinski definition) is 2. The predicted octanol–water partition coefficient (Wildman–Crippen LogP) is 5.01. The Labute approximate surface area is 235 Å². The van der Waals surface area contributed by atoms with Crippen LogP contribution in [0.2, 0.25) is 0 Å². The van der Waals surface area contributed by atoms with E-state index >= 15 is 0 Å². The molecule has 1 aliphatic rings. The molecule has 0 unspecified atom stereocenters. The van der Waals surface area contributed by atoms with Crippen LogP contribution in [0.4, 0.5) is 20.6 Å². The van der Waals surface area contributed by atoms with Gasteiger partial charge in [-0.15, -0.1) is 0 Å². The zero-order chi connectivity index (χ0) is 28.8. The van der Waals surface area contributed by atoms with Crippen molar-refractivity contribution in [2.45, 2.75) is 13.5 Å². The van der Waals surface area contributed by atoms with Gasteiger partial charge in [0.15, 0.2) is 11.5 Å². The fourth-order valence-electron chi connectivity index (χ4n) is 3.77. The van der Waals surface area contributed by atoms with Gasteiger partial charge in [-0.2, -0.15) is 0 Å². The molecule has 0 bridgehead atoms. The number of nitrogens with zero attached hydrogens (tertiary/aromatic N) is 2. The van der Waals surface area contributed by atoms with Crippen LogP contribution in [0.15, 0.2) is 70.8 Å². The summed E-state index contributed by atoms with van der Waals surface area (Å²) in [5.41, 5.74) is 0.835. The molecule has 1 heterocycles. The number of halogens is 2. The van der Waals surface area contributed by atoms with Gasteiger partial charge in [-0.05, 0) is 64.3 Å². The Morgan fingerprint density at radius 1 is 1.15 bits per heavy atom. The van der Waals surface area contributed by atoms with Crippen molar-refractivity contribution in [3.63, 3.8) is 0 Å². The first-order valence-electron chi connectivity index (χ1n) is 11.9. The smallest absolute Gasteiger partial charge is 0.329 e. The van der Waals surface area contributed by atoms with Crippen LogP contribution in [0, 0.1) is 15.9 Å². The number of ether oxygens (including phenoxy) is 2. The molecule has 4 amide bonds. The van der Waals surface area contributed by atoms with Gasteiger partial charge < -0.3 is 20.1 Å². The second-order valence-electron chi connectivity index (χ2n) is 8.39. The first-order valence-corrected chi connectivity index (χ1v) is 12.7. The van der Waals surface area contributed by atoms with E-state index in [1.165, 1.54) is 42.5 Å². The third kappa shape index (κ3) is 6.61. The number of nitrogens with one attached hydrogen (secondary N) is 2. The molecule has 1 fully saturated rings. The Morgan fingerprint density at radius 3 is 2.65 bits per heavy atom. The third-order valence-electron chi connectivity index (χ3n) is 5.56. The van der Waals surface area contributed by atoms with Crippen LogP contribution in [0.5, 0.6) is 11.5 Å². The van der Waals surface area contributed by atoms with E-state index in [1.54, 1.807) is 31.2 Å².